The number of hydrogen-bond donors (Lipinski definition) is 0. The molecule has 1 aromatic heterocycles. The molecule has 1 aliphatic rings. The van der Waals surface area contributed by atoms with Crippen LogP contribution in [0, 0.1) is 0 Å². The molecule has 7 heteroatoms. The summed E-state index contributed by atoms with van der Waals surface area (Å²) in [6.07, 6.45) is 2.08. The van der Waals surface area contributed by atoms with Crippen molar-refractivity contribution in [2.45, 2.75) is 37.2 Å². The quantitative estimate of drug-likeness (QED) is 0.520. The summed E-state index contributed by atoms with van der Waals surface area (Å²) in [5.74, 6) is 0.120. The van der Waals surface area contributed by atoms with Gasteiger partial charge in [-0.2, -0.15) is 0 Å². The molecule has 2 aromatic rings. The smallest absolute Gasteiger partial charge is 0.357 e. The molecule has 0 radical (unpaired) electrons. The molecule has 3 rings (SSSR count). The van der Waals surface area contributed by atoms with E-state index in [9.17, 15) is 9.59 Å². The van der Waals surface area contributed by atoms with Gasteiger partial charge in [-0.3, -0.25) is 4.79 Å². The summed E-state index contributed by atoms with van der Waals surface area (Å²) in [7, 11) is 0. The number of amides is 1. The average molecular weight is 377 g/mol. The predicted molar refractivity (Wildman–Crippen MR) is 98.8 cm³/mol. The van der Waals surface area contributed by atoms with Gasteiger partial charge in [-0.1, -0.05) is 18.2 Å². The normalized spacial score (nSPS) is 13.5. The third-order valence-electron chi connectivity index (χ3n) is 3.76. The number of hydrogen-bond acceptors (Lipinski definition) is 6. The molecule has 5 nitrogen and oxygen atoms in total. The lowest BCUT2D eigenvalue weighted by atomic mass is 10.4. The van der Waals surface area contributed by atoms with E-state index in [0.717, 1.165) is 22.7 Å². The summed E-state index contributed by atoms with van der Waals surface area (Å²) in [6, 6.07) is 10.2. The molecule has 25 heavy (non-hydrogen) atoms. The Kier molecular flexibility index (Phi) is 6.09. The Labute approximate surface area is 155 Å². The molecule has 0 atom stereocenters. The first-order valence-corrected chi connectivity index (χ1v) is 10.1. The molecule has 0 bridgehead atoms. The third-order valence-corrected chi connectivity index (χ3v) is 5.59. The van der Waals surface area contributed by atoms with E-state index in [1.54, 1.807) is 24.1 Å². The van der Waals surface area contributed by atoms with E-state index in [4.69, 9.17) is 4.74 Å². The number of thioether (sulfide) groups is 1. The van der Waals surface area contributed by atoms with Gasteiger partial charge in [-0.05, 0) is 31.9 Å². The van der Waals surface area contributed by atoms with Crippen LogP contribution in [-0.2, 0) is 16.1 Å². The number of thiazole rings is 1. The molecule has 0 N–H and O–H groups in total. The molecule has 1 aromatic carbocycles. The highest BCUT2D eigenvalue weighted by atomic mass is 32.2. The van der Waals surface area contributed by atoms with Crippen molar-refractivity contribution in [3.8, 4) is 0 Å². The van der Waals surface area contributed by atoms with Crippen LogP contribution >= 0.6 is 23.1 Å². The molecular weight excluding hydrogens is 356 g/mol. The van der Waals surface area contributed by atoms with Crippen LogP contribution in [0.4, 0.5) is 0 Å². The van der Waals surface area contributed by atoms with Crippen LogP contribution in [0.15, 0.2) is 40.6 Å². The zero-order valence-electron chi connectivity index (χ0n) is 14.0. The lowest BCUT2D eigenvalue weighted by molar-refractivity contribution is -0.129. The molecule has 1 heterocycles. The number of ether oxygens (including phenoxy) is 1. The SMILES string of the molecule is CCOC(=O)c1csc(CN(C(=O)CSc2ccccc2)C2CC2)n1. The summed E-state index contributed by atoms with van der Waals surface area (Å²) in [5.41, 5.74) is 0.323. The Bertz CT molecular complexity index is 729. The number of benzene rings is 1. The van der Waals surface area contributed by atoms with Gasteiger partial charge in [-0.25, -0.2) is 9.78 Å². The van der Waals surface area contributed by atoms with Crippen LogP contribution in [-0.4, -0.2) is 40.2 Å². The molecule has 0 saturated heterocycles. The molecule has 0 aliphatic heterocycles. The summed E-state index contributed by atoms with van der Waals surface area (Å²) in [5, 5.41) is 2.47. The van der Waals surface area contributed by atoms with Crippen LogP contribution in [0.2, 0.25) is 0 Å². The van der Waals surface area contributed by atoms with E-state index in [1.807, 2.05) is 35.2 Å². The highest BCUT2D eigenvalue weighted by Gasteiger charge is 2.33. The zero-order chi connectivity index (χ0) is 17.6. The number of nitrogens with zero attached hydrogens (tertiary/aromatic N) is 2. The van der Waals surface area contributed by atoms with Gasteiger partial charge in [0.15, 0.2) is 5.69 Å². The molecular formula is C18H20N2O3S2. The Morgan fingerprint density at radius 1 is 1.32 bits per heavy atom. The second-order valence-corrected chi connectivity index (χ2v) is 7.69. The molecule has 0 unspecified atom stereocenters. The lowest BCUT2D eigenvalue weighted by Gasteiger charge is -2.21. The summed E-state index contributed by atoms with van der Waals surface area (Å²) >= 11 is 2.94. The maximum atomic E-state index is 12.6. The summed E-state index contributed by atoms with van der Waals surface area (Å²) in [6.45, 7) is 2.56. The van der Waals surface area contributed by atoms with Gasteiger partial charge in [0.05, 0.1) is 18.9 Å². The van der Waals surface area contributed by atoms with E-state index < -0.39 is 5.97 Å². The highest BCUT2D eigenvalue weighted by molar-refractivity contribution is 8.00. The van der Waals surface area contributed by atoms with Gasteiger partial charge in [0, 0.05) is 16.3 Å². The van der Waals surface area contributed by atoms with Crippen LogP contribution in [0.3, 0.4) is 0 Å². The minimum Gasteiger partial charge on any atom is -0.461 e. The van der Waals surface area contributed by atoms with Crippen molar-refractivity contribution in [3.05, 3.63) is 46.4 Å². The second-order valence-electron chi connectivity index (χ2n) is 5.70. The first kappa shape index (κ1) is 17.9. The van der Waals surface area contributed by atoms with Crippen molar-refractivity contribution in [3.63, 3.8) is 0 Å². The number of aromatic nitrogens is 1. The fourth-order valence-corrected chi connectivity index (χ4v) is 3.95. The molecule has 1 fully saturated rings. The van der Waals surface area contributed by atoms with E-state index in [0.29, 0.717) is 30.6 Å². The van der Waals surface area contributed by atoms with Crippen LogP contribution < -0.4 is 0 Å². The highest BCUT2D eigenvalue weighted by Crippen LogP contribution is 2.30. The van der Waals surface area contributed by atoms with Crippen molar-refractivity contribution in [2.75, 3.05) is 12.4 Å². The van der Waals surface area contributed by atoms with Crippen LogP contribution in [0.25, 0.3) is 0 Å². The van der Waals surface area contributed by atoms with Crippen molar-refractivity contribution in [1.29, 1.82) is 0 Å². The maximum Gasteiger partial charge on any atom is 0.357 e. The third kappa shape index (κ3) is 5.06. The Morgan fingerprint density at radius 3 is 2.76 bits per heavy atom. The molecule has 132 valence electrons. The van der Waals surface area contributed by atoms with Gasteiger partial charge < -0.3 is 9.64 Å². The Morgan fingerprint density at radius 2 is 2.08 bits per heavy atom. The monoisotopic (exact) mass is 376 g/mol. The van der Waals surface area contributed by atoms with E-state index in [1.165, 1.54) is 11.3 Å². The molecule has 1 aliphatic carbocycles. The number of carbonyl (C=O) groups excluding carboxylic acids is 2. The fourth-order valence-electron chi connectivity index (χ4n) is 2.38. The van der Waals surface area contributed by atoms with E-state index >= 15 is 0 Å². The summed E-state index contributed by atoms with van der Waals surface area (Å²) in [4.78, 5) is 31.7. The van der Waals surface area contributed by atoms with Crippen molar-refractivity contribution < 1.29 is 14.3 Å². The van der Waals surface area contributed by atoms with Gasteiger partial charge in [0.1, 0.15) is 5.01 Å². The lowest BCUT2D eigenvalue weighted by Crippen LogP contribution is -2.34. The van der Waals surface area contributed by atoms with Gasteiger partial charge in [-0.15, -0.1) is 23.1 Å². The predicted octanol–water partition coefficient (Wildman–Crippen LogP) is 3.60. The van der Waals surface area contributed by atoms with Crippen molar-refractivity contribution in [1.82, 2.24) is 9.88 Å². The van der Waals surface area contributed by atoms with Crippen LogP contribution in [0.5, 0.6) is 0 Å². The van der Waals surface area contributed by atoms with E-state index in [-0.39, 0.29) is 5.91 Å². The van der Waals surface area contributed by atoms with Gasteiger partial charge >= 0.3 is 5.97 Å². The molecule has 1 amide bonds. The van der Waals surface area contributed by atoms with Crippen molar-refractivity contribution >= 4 is 35.0 Å². The molecule has 0 spiro atoms. The zero-order valence-corrected chi connectivity index (χ0v) is 15.6. The number of carbonyl (C=O) groups is 2. The van der Waals surface area contributed by atoms with Gasteiger partial charge in [0.25, 0.3) is 0 Å². The largest absolute Gasteiger partial charge is 0.461 e. The number of rotatable bonds is 8. The average Bonchev–Trinajstić information content (AvgIpc) is 3.36. The standard InChI is InChI=1S/C18H20N2O3S2/c1-2-23-18(22)15-11-25-16(19-15)10-20(13-8-9-13)17(21)12-24-14-6-4-3-5-7-14/h3-7,11,13H,2,8-10,12H2,1H3. The van der Waals surface area contributed by atoms with E-state index in [2.05, 4.69) is 4.98 Å². The maximum absolute atomic E-state index is 12.6. The van der Waals surface area contributed by atoms with Gasteiger partial charge in [0.2, 0.25) is 5.91 Å². The Hall–Kier alpha value is -1.86. The minimum absolute atomic E-state index is 0.115. The molecule has 1 saturated carbocycles. The first-order valence-electron chi connectivity index (χ1n) is 8.26. The topological polar surface area (TPSA) is 59.5 Å². The van der Waals surface area contributed by atoms with Crippen LogP contribution in [0.1, 0.15) is 35.3 Å². The number of esters is 1. The first-order chi connectivity index (χ1) is 12.2. The Balaban J connectivity index is 1.59. The minimum atomic E-state index is -0.408. The fraction of sp³-hybridized carbons (Fsp3) is 0.389. The van der Waals surface area contributed by atoms with Crippen molar-refractivity contribution in [2.24, 2.45) is 0 Å². The second kappa shape index (κ2) is 8.49. The summed E-state index contributed by atoms with van der Waals surface area (Å²) < 4.78 is 4.96.